The number of benzene rings is 2. The van der Waals surface area contributed by atoms with Gasteiger partial charge >= 0.3 is 0 Å². The highest BCUT2D eigenvalue weighted by atomic mass is 16.5. The Bertz CT molecular complexity index is 1140. The molecule has 0 saturated carbocycles. The maximum absolute atomic E-state index is 13.0. The Morgan fingerprint density at radius 3 is 2.67 bits per heavy atom. The predicted molar refractivity (Wildman–Crippen MR) is 137 cm³/mol. The van der Waals surface area contributed by atoms with Crippen molar-refractivity contribution in [2.24, 2.45) is 5.92 Å². The van der Waals surface area contributed by atoms with Gasteiger partial charge in [-0.15, -0.1) is 0 Å². The van der Waals surface area contributed by atoms with E-state index in [1.165, 1.54) is 11.1 Å². The van der Waals surface area contributed by atoms with E-state index in [0.717, 1.165) is 63.4 Å². The van der Waals surface area contributed by atoms with Crippen molar-refractivity contribution in [3.63, 3.8) is 0 Å². The van der Waals surface area contributed by atoms with Crippen LogP contribution in [0.4, 0.5) is 0 Å². The van der Waals surface area contributed by atoms with Gasteiger partial charge in [-0.2, -0.15) is 4.98 Å². The van der Waals surface area contributed by atoms with Crippen LogP contribution in [0, 0.1) is 12.8 Å². The molecule has 2 saturated heterocycles. The van der Waals surface area contributed by atoms with E-state index >= 15 is 0 Å². The molecule has 0 aliphatic carbocycles. The third-order valence-corrected chi connectivity index (χ3v) is 6.98. The Balaban J connectivity index is 1.11. The molecule has 1 unspecified atom stereocenters. The summed E-state index contributed by atoms with van der Waals surface area (Å²) in [6.07, 6.45) is 1.88. The number of amides is 1. The highest BCUT2D eigenvalue weighted by Gasteiger charge is 2.27. The van der Waals surface area contributed by atoms with Crippen LogP contribution in [0.15, 0.2) is 53.1 Å². The van der Waals surface area contributed by atoms with Gasteiger partial charge in [0.05, 0.1) is 25.7 Å². The minimum atomic E-state index is -0.0326. The van der Waals surface area contributed by atoms with Gasteiger partial charge in [0.15, 0.2) is 0 Å². The summed E-state index contributed by atoms with van der Waals surface area (Å²) in [5.74, 6) is 1.27. The molecular formula is C28H35N5O3. The van der Waals surface area contributed by atoms with Crippen molar-refractivity contribution in [2.75, 3.05) is 39.4 Å². The lowest BCUT2D eigenvalue weighted by Gasteiger charge is -2.30. The molecule has 1 atom stereocenters. The average molecular weight is 490 g/mol. The van der Waals surface area contributed by atoms with Gasteiger partial charge in [0.2, 0.25) is 17.6 Å². The fourth-order valence-electron chi connectivity index (χ4n) is 4.93. The fraction of sp³-hybridized carbons (Fsp3) is 0.464. The first kappa shape index (κ1) is 24.6. The molecule has 1 amide bonds. The van der Waals surface area contributed by atoms with E-state index in [1.54, 1.807) is 0 Å². The summed E-state index contributed by atoms with van der Waals surface area (Å²) in [5.41, 5.74) is 4.55. The first-order valence-electron chi connectivity index (χ1n) is 12.9. The van der Waals surface area contributed by atoms with Crippen LogP contribution in [0.25, 0.3) is 11.4 Å². The van der Waals surface area contributed by atoms with E-state index in [-0.39, 0.29) is 11.8 Å². The standard InChI is InChI=1S/C28H35N5O3/c1-21-7-9-24(10-8-21)27-30-26(36-31-27)20-33-11-3-6-25(19-33)28(34)29-17-22-4-2-5-23(16-22)18-32-12-14-35-15-13-32/h2,4-5,7-10,16,25H,3,6,11-15,17-20H2,1H3,(H,29,34). The smallest absolute Gasteiger partial charge is 0.241 e. The number of rotatable bonds is 8. The number of aromatic nitrogens is 2. The summed E-state index contributed by atoms with van der Waals surface area (Å²) in [4.78, 5) is 22.2. The maximum atomic E-state index is 13.0. The molecule has 36 heavy (non-hydrogen) atoms. The zero-order valence-electron chi connectivity index (χ0n) is 21.0. The second-order valence-electron chi connectivity index (χ2n) is 9.88. The first-order valence-corrected chi connectivity index (χ1v) is 12.9. The van der Waals surface area contributed by atoms with Gasteiger partial charge in [-0.05, 0) is 37.4 Å². The van der Waals surface area contributed by atoms with Gasteiger partial charge < -0.3 is 14.6 Å². The maximum Gasteiger partial charge on any atom is 0.241 e. The number of nitrogens with zero attached hydrogens (tertiary/aromatic N) is 4. The Morgan fingerprint density at radius 1 is 1.03 bits per heavy atom. The number of piperidine rings is 1. The number of ether oxygens (including phenoxy) is 1. The SMILES string of the molecule is Cc1ccc(-c2noc(CN3CCCC(C(=O)NCc4cccc(CN5CCOCC5)c4)C3)n2)cc1. The van der Waals surface area contributed by atoms with Gasteiger partial charge in [0.25, 0.3) is 0 Å². The zero-order valence-corrected chi connectivity index (χ0v) is 21.0. The van der Waals surface area contributed by atoms with Gasteiger partial charge in [-0.3, -0.25) is 14.6 Å². The lowest BCUT2D eigenvalue weighted by molar-refractivity contribution is -0.127. The van der Waals surface area contributed by atoms with E-state index in [9.17, 15) is 4.79 Å². The number of hydrogen-bond acceptors (Lipinski definition) is 7. The fourth-order valence-corrected chi connectivity index (χ4v) is 4.93. The van der Waals surface area contributed by atoms with Crippen LogP contribution in [-0.4, -0.2) is 65.2 Å². The van der Waals surface area contributed by atoms with Crippen molar-refractivity contribution in [1.82, 2.24) is 25.3 Å². The van der Waals surface area contributed by atoms with Crippen LogP contribution in [0.3, 0.4) is 0 Å². The van der Waals surface area contributed by atoms with Crippen molar-refractivity contribution in [2.45, 2.75) is 39.4 Å². The van der Waals surface area contributed by atoms with Gasteiger partial charge in [-0.1, -0.05) is 59.3 Å². The molecular weight excluding hydrogens is 454 g/mol. The van der Waals surface area contributed by atoms with Crippen LogP contribution in [0.5, 0.6) is 0 Å². The summed E-state index contributed by atoms with van der Waals surface area (Å²) in [5, 5.41) is 7.30. The van der Waals surface area contributed by atoms with E-state index < -0.39 is 0 Å². The van der Waals surface area contributed by atoms with Crippen LogP contribution < -0.4 is 5.32 Å². The highest BCUT2D eigenvalue weighted by molar-refractivity contribution is 5.79. The normalized spacial score (nSPS) is 19.3. The van der Waals surface area contributed by atoms with E-state index in [1.807, 2.05) is 24.3 Å². The van der Waals surface area contributed by atoms with Crippen LogP contribution in [0.1, 0.15) is 35.4 Å². The second kappa shape index (κ2) is 11.8. The second-order valence-corrected chi connectivity index (χ2v) is 9.88. The lowest BCUT2D eigenvalue weighted by atomic mass is 9.97. The lowest BCUT2D eigenvalue weighted by Crippen LogP contribution is -2.42. The molecule has 1 aromatic heterocycles. The molecule has 5 rings (SSSR count). The van der Waals surface area contributed by atoms with Crippen molar-refractivity contribution in [3.05, 3.63) is 71.1 Å². The van der Waals surface area contributed by atoms with Crippen molar-refractivity contribution in [1.29, 1.82) is 0 Å². The molecule has 8 heteroatoms. The molecule has 0 bridgehead atoms. The number of likely N-dealkylation sites (tertiary alicyclic amines) is 1. The predicted octanol–water partition coefficient (Wildman–Crippen LogP) is 3.41. The third-order valence-electron chi connectivity index (χ3n) is 6.98. The monoisotopic (exact) mass is 489 g/mol. The summed E-state index contributed by atoms with van der Waals surface area (Å²) >= 11 is 0. The number of carbonyl (C=O) groups excluding carboxylic acids is 1. The molecule has 2 aliphatic rings. The Kier molecular flexibility index (Phi) is 8.05. The van der Waals surface area contributed by atoms with Crippen LogP contribution in [0.2, 0.25) is 0 Å². The summed E-state index contributed by atoms with van der Waals surface area (Å²) in [6, 6.07) is 16.6. The summed E-state index contributed by atoms with van der Waals surface area (Å²) < 4.78 is 10.9. The first-order chi connectivity index (χ1) is 17.6. The van der Waals surface area contributed by atoms with Crippen LogP contribution in [-0.2, 0) is 29.2 Å². The van der Waals surface area contributed by atoms with E-state index in [4.69, 9.17) is 9.26 Å². The van der Waals surface area contributed by atoms with Crippen molar-refractivity contribution < 1.29 is 14.1 Å². The number of carbonyl (C=O) groups is 1. The molecule has 8 nitrogen and oxygen atoms in total. The minimum absolute atomic E-state index is 0.0326. The number of nitrogens with one attached hydrogen (secondary N) is 1. The van der Waals surface area contributed by atoms with Gasteiger partial charge in [-0.25, -0.2) is 0 Å². The quantitative estimate of drug-likeness (QED) is 0.519. The number of aryl methyl sites for hydroxylation is 1. The molecule has 2 aromatic carbocycles. The molecule has 2 aliphatic heterocycles. The van der Waals surface area contributed by atoms with Crippen LogP contribution >= 0.6 is 0 Å². The number of morpholine rings is 1. The largest absolute Gasteiger partial charge is 0.379 e. The molecule has 3 heterocycles. The van der Waals surface area contributed by atoms with Gasteiger partial charge in [0, 0.05) is 38.3 Å². The number of hydrogen-bond donors (Lipinski definition) is 1. The molecule has 2 fully saturated rings. The minimum Gasteiger partial charge on any atom is -0.379 e. The topological polar surface area (TPSA) is 83.7 Å². The average Bonchev–Trinajstić information content (AvgIpc) is 3.37. The zero-order chi connectivity index (χ0) is 24.7. The Morgan fingerprint density at radius 2 is 1.83 bits per heavy atom. The van der Waals surface area contributed by atoms with E-state index in [0.29, 0.717) is 31.3 Å². The molecule has 0 radical (unpaired) electrons. The van der Waals surface area contributed by atoms with Crippen molar-refractivity contribution in [3.8, 4) is 11.4 Å². The molecule has 1 N–H and O–H groups in total. The molecule has 0 spiro atoms. The van der Waals surface area contributed by atoms with E-state index in [2.05, 4.69) is 56.4 Å². The molecule has 190 valence electrons. The van der Waals surface area contributed by atoms with Crippen molar-refractivity contribution >= 4 is 5.91 Å². The third kappa shape index (κ3) is 6.57. The summed E-state index contributed by atoms with van der Waals surface area (Å²) in [7, 11) is 0. The highest BCUT2D eigenvalue weighted by Crippen LogP contribution is 2.21. The van der Waals surface area contributed by atoms with Gasteiger partial charge in [0.1, 0.15) is 0 Å². The summed E-state index contributed by atoms with van der Waals surface area (Å²) in [6.45, 7) is 9.25. The Labute approximate surface area is 212 Å². The molecule has 3 aromatic rings. The Hall–Kier alpha value is -3.07.